The Bertz CT molecular complexity index is 599. The Morgan fingerprint density at radius 3 is 2.67 bits per heavy atom. The molecule has 1 saturated heterocycles. The van der Waals surface area contributed by atoms with Crippen molar-refractivity contribution in [2.75, 3.05) is 18.9 Å². The van der Waals surface area contributed by atoms with Gasteiger partial charge in [-0.3, -0.25) is 4.98 Å². The second-order valence-corrected chi connectivity index (χ2v) is 7.96. The largest absolute Gasteiger partial charge is 0.372 e. The molecule has 116 valence electrons. The first-order chi connectivity index (χ1) is 10.1. The highest BCUT2D eigenvalue weighted by molar-refractivity contribution is 7.89. The average Bonchev–Trinajstić information content (AvgIpc) is 3.18. The summed E-state index contributed by atoms with van der Waals surface area (Å²) in [7, 11) is -1.42. The van der Waals surface area contributed by atoms with Gasteiger partial charge >= 0.3 is 0 Å². The van der Waals surface area contributed by atoms with Crippen LogP contribution in [-0.2, 0) is 10.0 Å². The molecule has 1 saturated carbocycles. The van der Waals surface area contributed by atoms with E-state index in [1.165, 1.54) is 0 Å². The predicted octanol–water partition coefficient (Wildman–Crippen LogP) is 1.93. The van der Waals surface area contributed by atoms with E-state index in [4.69, 9.17) is 0 Å². The van der Waals surface area contributed by atoms with Gasteiger partial charge in [-0.15, -0.1) is 0 Å². The Labute approximate surface area is 126 Å². The predicted molar refractivity (Wildman–Crippen MR) is 81.4 cm³/mol. The maximum atomic E-state index is 12.8. The molecule has 1 atom stereocenters. The Hall–Kier alpha value is -1.21. The Balaban J connectivity index is 1.88. The molecule has 0 aromatic carbocycles. The van der Waals surface area contributed by atoms with Crippen LogP contribution in [-0.4, -0.2) is 41.5 Å². The minimum atomic E-state index is -3.21. The summed E-state index contributed by atoms with van der Waals surface area (Å²) in [6.45, 7) is 0.606. The van der Waals surface area contributed by atoms with Crippen LogP contribution < -0.4 is 5.32 Å². The van der Waals surface area contributed by atoms with E-state index in [-0.39, 0.29) is 11.3 Å². The number of hydrogen-bond acceptors (Lipinski definition) is 5. The zero-order chi connectivity index (χ0) is 14.9. The van der Waals surface area contributed by atoms with Gasteiger partial charge in [-0.2, -0.15) is 4.31 Å². The van der Waals surface area contributed by atoms with Crippen LogP contribution >= 0.6 is 0 Å². The molecule has 1 aliphatic carbocycles. The van der Waals surface area contributed by atoms with Crippen molar-refractivity contribution in [3.05, 3.63) is 18.1 Å². The highest BCUT2D eigenvalue weighted by Crippen LogP contribution is 2.37. The molecular weight excluding hydrogens is 288 g/mol. The molecule has 0 bridgehead atoms. The molecule has 1 N–H and O–H groups in total. The number of anilines is 1. The lowest BCUT2D eigenvalue weighted by Crippen LogP contribution is -2.37. The van der Waals surface area contributed by atoms with Crippen LogP contribution in [0.4, 0.5) is 5.82 Å². The van der Waals surface area contributed by atoms with E-state index < -0.39 is 10.0 Å². The topological polar surface area (TPSA) is 75.2 Å². The molecule has 1 aliphatic heterocycles. The van der Waals surface area contributed by atoms with E-state index in [1.807, 2.05) is 0 Å². The lowest BCUT2D eigenvalue weighted by Gasteiger charge is -2.26. The van der Waals surface area contributed by atoms with Crippen LogP contribution in [0, 0.1) is 0 Å². The monoisotopic (exact) mass is 310 g/mol. The molecule has 2 fully saturated rings. The SMILES string of the molecule is CNc1cncc([C@H]2CCCN2S(=O)(=O)C2CCCC2)n1. The maximum Gasteiger partial charge on any atom is 0.217 e. The zero-order valence-corrected chi connectivity index (χ0v) is 13.1. The first-order valence-corrected chi connectivity index (χ1v) is 9.13. The van der Waals surface area contributed by atoms with Gasteiger partial charge in [0.05, 0.1) is 29.4 Å². The second-order valence-electron chi connectivity index (χ2n) is 5.80. The van der Waals surface area contributed by atoms with Crippen molar-refractivity contribution in [2.24, 2.45) is 0 Å². The summed E-state index contributed by atoms with van der Waals surface area (Å²) in [6, 6.07) is -0.156. The van der Waals surface area contributed by atoms with E-state index in [1.54, 1.807) is 23.7 Å². The van der Waals surface area contributed by atoms with E-state index in [0.29, 0.717) is 12.4 Å². The third kappa shape index (κ3) is 2.76. The van der Waals surface area contributed by atoms with Gasteiger partial charge < -0.3 is 5.32 Å². The summed E-state index contributed by atoms with van der Waals surface area (Å²) >= 11 is 0. The van der Waals surface area contributed by atoms with Crippen molar-refractivity contribution in [3.63, 3.8) is 0 Å². The van der Waals surface area contributed by atoms with Gasteiger partial charge in [-0.1, -0.05) is 12.8 Å². The summed E-state index contributed by atoms with van der Waals surface area (Å²) < 4.78 is 27.3. The molecule has 7 heteroatoms. The molecule has 0 unspecified atom stereocenters. The minimum Gasteiger partial charge on any atom is -0.372 e. The van der Waals surface area contributed by atoms with Gasteiger partial charge in [0.15, 0.2) is 0 Å². The van der Waals surface area contributed by atoms with E-state index in [9.17, 15) is 8.42 Å². The Kier molecular flexibility index (Phi) is 4.12. The van der Waals surface area contributed by atoms with Crippen molar-refractivity contribution in [1.82, 2.24) is 14.3 Å². The molecule has 21 heavy (non-hydrogen) atoms. The number of nitrogens with one attached hydrogen (secondary N) is 1. The second kappa shape index (κ2) is 5.88. The molecule has 1 aromatic heterocycles. The fourth-order valence-electron chi connectivity index (χ4n) is 3.38. The Morgan fingerprint density at radius 1 is 1.19 bits per heavy atom. The normalized spacial score (nSPS) is 24.5. The fourth-order valence-corrected chi connectivity index (χ4v) is 5.64. The number of hydrogen-bond donors (Lipinski definition) is 1. The smallest absolute Gasteiger partial charge is 0.217 e. The number of aromatic nitrogens is 2. The summed E-state index contributed by atoms with van der Waals surface area (Å²) in [5, 5.41) is 2.76. The zero-order valence-electron chi connectivity index (χ0n) is 12.3. The molecular formula is C14H22N4O2S. The molecule has 6 nitrogen and oxygen atoms in total. The van der Waals surface area contributed by atoms with Gasteiger partial charge in [0.1, 0.15) is 5.82 Å². The van der Waals surface area contributed by atoms with Crippen molar-refractivity contribution < 1.29 is 8.42 Å². The highest BCUT2D eigenvalue weighted by atomic mass is 32.2. The summed E-state index contributed by atoms with van der Waals surface area (Å²) in [4.78, 5) is 8.65. The van der Waals surface area contributed by atoms with Gasteiger partial charge in [0.25, 0.3) is 0 Å². The van der Waals surface area contributed by atoms with Gasteiger partial charge in [0, 0.05) is 13.6 Å². The summed E-state index contributed by atoms with van der Waals surface area (Å²) in [5.74, 6) is 0.678. The number of rotatable bonds is 4. The minimum absolute atomic E-state index is 0.156. The van der Waals surface area contributed by atoms with Crippen LogP contribution in [0.3, 0.4) is 0 Å². The Morgan fingerprint density at radius 2 is 1.95 bits per heavy atom. The highest BCUT2D eigenvalue weighted by Gasteiger charge is 2.41. The van der Waals surface area contributed by atoms with Crippen LogP contribution in [0.1, 0.15) is 50.3 Å². The van der Waals surface area contributed by atoms with Gasteiger partial charge in [0.2, 0.25) is 10.0 Å². The van der Waals surface area contributed by atoms with Crippen LogP contribution in [0.25, 0.3) is 0 Å². The summed E-state index contributed by atoms with van der Waals surface area (Å²) in [6.07, 6.45) is 8.70. The molecule has 0 amide bonds. The van der Waals surface area contributed by atoms with Gasteiger partial charge in [-0.05, 0) is 25.7 Å². The lowest BCUT2D eigenvalue weighted by atomic mass is 10.2. The lowest BCUT2D eigenvalue weighted by molar-refractivity contribution is 0.383. The molecule has 1 aromatic rings. The molecule has 3 rings (SSSR count). The van der Waals surface area contributed by atoms with Gasteiger partial charge in [-0.25, -0.2) is 13.4 Å². The van der Waals surface area contributed by atoms with Crippen LogP contribution in [0.5, 0.6) is 0 Å². The quantitative estimate of drug-likeness (QED) is 0.919. The van der Waals surface area contributed by atoms with Crippen LogP contribution in [0.15, 0.2) is 12.4 Å². The number of sulfonamides is 1. The third-order valence-electron chi connectivity index (χ3n) is 4.50. The number of nitrogens with zero attached hydrogens (tertiary/aromatic N) is 3. The third-order valence-corrected chi connectivity index (χ3v) is 6.91. The molecule has 0 spiro atoms. The first kappa shape index (κ1) is 14.7. The van der Waals surface area contributed by atoms with E-state index >= 15 is 0 Å². The van der Waals surface area contributed by atoms with E-state index in [2.05, 4.69) is 15.3 Å². The van der Waals surface area contributed by atoms with Crippen molar-refractivity contribution >= 4 is 15.8 Å². The first-order valence-electron chi connectivity index (χ1n) is 7.63. The van der Waals surface area contributed by atoms with Crippen LogP contribution in [0.2, 0.25) is 0 Å². The standard InChI is InChI=1S/C14H22N4O2S/c1-15-14-10-16-9-12(17-14)13-7-4-8-18(13)21(19,20)11-5-2-3-6-11/h9-11,13H,2-8H2,1H3,(H,15,17)/t13-/m1/s1. The molecule has 2 aliphatic rings. The maximum absolute atomic E-state index is 12.8. The molecule has 0 radical (unpaired) electrons. The van der Waals surface area contributed by atoms with Crippen molar-refractivity contribution in [2.45, 2.75) is 49.8 Å². The molecule has 2 heterocycles. The fraction of sp³-hybridized carbons (Fsp3) is 0.714. The van der Waals surface area contributed by atoms with Crippen molar-refractivity contribution in [1.29, 1.82) is 0 Å². The van der Waals surface area contributed by atoms with Crippen molar-refractivity contribution in [3.8, 4) is 0 Å². The van der Waals surface area contributed by atoms with E-state index in [0.717, 1.165) is 44.2 Å². The average molecular weight is 310 g/mol. The summed E-state index contributed by atoms with van der Waals surface area (Å²) in [5.41, 5.74) is 0.751.